The normalized spacial score (nSPS) is 18.5. The molecule has 0 saturated carbocycles. The van der Waals surface area contributed by atoms with E-state index in [0.717, 1.165) is 43.4 Å². The van der Waals surface area contributed by atoms with Crippen molar-refractivity contribution in [2.75, 3.05) is 49.6 Å². The molecule has 0 radical (unpaired) electrons. The summed E-state index contributed by atoms with van der Waals surface area (Å²) in [5.74, 6) is -0.262. The number of amides is 1. The molecule has 220 valence electrons. The second-order valence-electron chi connectivity index (χ2n) is 10.1. The number of piperidine rings is 1. The molecule has 4 rings (SSSR count). The molecule has 6 N–H and O–H groups in total. The minimum absolute atomic E-state index is 0.0330. The number of aliphatic hydroxyl groups is 1. The van der Waals surface area contributed by atoms with Crippen LogP contribution in [0.3, 0.4) is 0 Å². The summed E-state index contributed by atoms with van der Waals surface area (Å²) >= 11 is 1.19. The maximum atomic E-state index is 12.3. The van der Waals surface area contributed by atoms with Crippen molar-refractivity contribution >= 4 is 56.3 Å². The van der Waals surface area contributed by atoms with Crippen molar-refractivity contribution in [3.63, 3.8) is 0 Å². The predicted molar refractivity (Wildman–Crippen MR) is 165 cm³/mol. The number of carbonyl (C=O) groups excluding carboxylic acids is 1. The summed E-state index contributed by atoms with van der Waals surface area (Å²) in [4.78, 5) is 24.8. The van der Waals surface area contributed by atoms with Crippen LogP contribution in [0.25, 0.3) is 6.08 Å². The highest BCUT2D eigenvalue weighted by atomic mass is 32.2. The van der Waals surface area contributed by atoms with Gasteiger partial charge in [0.05, 0.1) is 23.0 Å². The number of amidine groups is 1. The number of aromatic hydroxyl groups is 1. The molecule has 1 amide bonds. The number of aliphatic hydroxyl groups excluding tert-OH is 1. The summed E-state index contributed by atoms with van der Waals surface area (Å²) in [7, 11) is -0.0300. The van der Waals surface area contributed by atoms with Crippen LogP contribution in [-0.2, 0) is 14.8 Å². The number of rotatable bonds is 8. The molecular weight excluding hydrogens is 566 g/mol. The van der Waals surface area contributed by atoms with E-state index in [1.165, 1.54) is 23.9 Å². The minimum Gasteiger partial charge on any atom is -0.506 e. The largest absolute Gasteiger partial charge is 0.506 e. The molecular formula is C27H35N7O5S2. The summed E-state index contributed by atoms with van der Waals surface area (Å²) < 4.78 is 25.3. The maximum absolute atomic E-state index is 12.3. The van der Waals surface area contributed by atoms with Crippen molar-refractivity contribution in [3.8, 4) is 5.75 Å². The number of hydrogen-bond acceptors (Lipinski definition) is 9. The Hall–Kier alpha value is -3.59. The van der Waals surface area contributed by atoms with Crippen LogP contribution in [0, 0.1) is 0 Å². The lowest BCUT2D eigenvalue weighted by atomic mass is 10.0. The lowest BCUT2D eigenvalue weighted by Gasteiger charge is -2.34. The maximum Gasteiger partial charge on any atom is 0.286 e. The molecule has 2 aromatic rings. The topological polar surface area (TPSA) is 173 Å². The Morgan fingerprint density at radius 1 is 1.24 bits per heavy atom. The number of phenols is 1. The first-order chi connectivity index (χ1) is 19.4. The van der Waals surface area contributed by atoms with Crippen LogP contribution in [0.1, 0.15) is 30.1 Å². The van der Waals surface area contributed by atoms with Crippen LogP contribution in [0.15, 0.2) is 57.4 Å². The Morgan fingerprint density at radius 3 is 2.56 bits per heavy atom. The van der Waals surface area contributed by atoms with E-state index in [1.54, 1.807) is 31.1 Å². The van der Waals surface area contributed by atoms with Gasteiger partial charge in [0.1, 0.15) is 5.75 Å². The molecule has 0 bridgehead atoms. The summed E-state index contributed by atoms with van der Waals surface area (Å²) in [6.07, 6.45) is 3.70. The molecule has 2 aromatic carbocycles. The van der Waals surface area contributed by atoms with Crippen LogP contribution in [0.2, 0.25) is 0 Å². The van der Waals surface area contributed by atoms with E-state index in [4.69, 9.17) is 5.73 Å². The number of sulfonamides is 1. The van der Waals surface area contributed by atoms with Gasteiger partial charge in [-0.2, -0.15) is 9.98 Å². The standard InChI is InChI=1S/C27H35N7O5S2/c1-33(2)26(28)31-27-30-25(37)24(40-27)14-17-4-7-20(8-5-17)34-12-10-19(11-13-34)29-16-23(36)18-6-9-22(35)21(15-18)32-41(3,38)39/h4-9,14-15,19,23,29,32,35-36H,10-13,16H2,1-3H3,(H2,28,30,31,37)/b24-14-/t23-/m0/s1. The summed E-state index contributed by atoms with van der Waals surface area (Å²) in [6.45, 7) is 1.98. The molecule has 2 aliphatic rings. The third-order valence-electron chi connectivity index (χ3n) is 6.63. The average molecular weight is 602 g/mol. The quantitative estimate of drug-likeness (QED) is 0.130. The summed E-state index contributed by atoms with van der Waals surface area (Å²) in [5.41, 5.74) is 8.33. The van der Waals surface area contributed by atoms with E-state index in [0.29, 0.717) is 22.2 Å². The highest BCUT2D eigenvalue weighted by Crippen LogP contribution is 2.30. The SMILES string of the molecule is CN(C)/C(N)=N\C1=NC(=O)/C(=C/c2ccc(N3CCC(NC[C@H](O)c4ccc(O)c(NS(C)(=O)=O)c4)CC3)cc2)S1. The molecule has 2 heterocycles. The molecule has 0 aromatic heterocycles. The Labute approximate surface area is 244 Å². The van der Waals surface area contributed by atoms with Gasteiger partial charge >= 0.3 is 0 Å². The second kappa shape index (κ2) is 12.9. The van der Waals surface area contributed by atoms with Gasteiger partial charge in [0.15, 0.2) is 11.1 Å². The molecule has 0 unspecified atom stereocenters. The number of guanidine groups is 1. The van der Waals surface area contributed by atoms with Gasteiger partial charge in [-0.3, -0.25) is 9.52 Å². The molecule has 41 heavy (non-hydrogen) atoms. The first kappa shape index (κ1) is 30.4. The highest BCUT2D eigenvalue weighted by molar-refractivity contribution is 8.18. The number of aliphatic imine (C=N–C) groups is 2. The molecule has 1 atom stereocenters. The fourth-order valence-electron chi connectivity index (χ4n) is 4.36. The Balaban J connectivity index is 1.27. The third kappa shape index (κ3) is 8.45. The zero-order valence-corrected chi connectivity index (χ0v) is 24.7. The third-order valence-corrected chi connectivity index (χ3v) is 8.10. The van der Waals surface area contributed by atoms with E-state index in [2.05, 4.69) is 24.9 Å². The van der Waals surface area contributed by atoms with Gasteiger partial charge in [-0.25, -0.2) is 8.42 Å². The van der Waals surface area contributed by atoms with Crippen LogP contribution < -0.4 is 20.7 Å². The lowest BCUT2D eigenvalue weighted by molar-refractivity contribution is -0.113. The van der Waals surface area contributed by atoms with Crippen molar-refractivity contribution in [3.05, 3.63) is 58.5 Å². The van der Waals surface area contributed by atoms with Gasteiger partial charge in [0.25, 0.3) is 5.91 Å². The summed E-state index contributed by atoms with van der Waals surface area (Å²) in [5, 5.41) is 24.3. The van der Waals surface area contributed by atoms with Gasteiger partial charge in [-0.15, -0.1) is 0 Å². The molecule has 1 saturated heterocycles. The average Bonchev–Trinajstić information content (AvgIpc) is 3.26. The second-order valence-corrected chi connectivity index (χ2v) is 12.9. The van der Waals surface area contributed by atoms with Crippen LogP contribution in [-0.4, -0.2) is 86.6 Å². The summed E-state index contributed by atoms with van der Waals surface area (Å²) in [6, 6.07) is 12.6. The van der Waals surface area contributed by atoms with Gasteiger partial charge < -0.3 is 31.1 Å². The lowest BCUT2D eigenvalue weighted by Crippen LogP contribution is -2.43. The van der Waals surface area contributed by atoms with Crippen molar-refractivity contribution in [1.82, 2.24) is 10.2 Å². The van der Waals surface area contributed by atoms with Gasteiger partial charge in [0.2, 0.25) is 10.0 Å². The monoisotopic (exact) mass is 601 g/mol. The van der Waals surface area contributed by atoms with Crippen molar-refractivity contribution in [2.24, 2.45) is 15.7 Å². The molecule has 12 nitrogen and oxygen atoms in total. The number of thioether (sulfide) groups is 1. The molecule has 1 fully saturated rings. The van der Waals surface area contributed by atoms with E-state index in [-0.39, 0.29) is 29.3 Å². The van der Waals surface area contributed by atoms with Gasteiger partial charge in [0, 0.05) is 45.5 Å². The minimum atomic E-state index is -3.56. The van der Waals surface area contributed by atoms with Crippen LogP contribution in [0.5, 0.6) is 5.75 Å². The number of carbonyl (C=O) groups is 1. The van der Waals surface area contributed by atoms with E-state index in [1.807, 2.05) is 24.3 Å². The Bertz CT molecular complexity index is 1470. The number of anilines is 2. The Kier molecular flexibility index (Phi) is 9.58. The first-order valence-corrected chi connectivity index (χ1v) is 15.7. The number of hydrogen-bond donors (Lipinski definition) is 5. The zero-order valence-electron chi connectivity index (χ0n) is 23.1. The van der Waals surface area contributed by atoms with Crippen molar-refractivity contribution in [2.45, 2.75) is 25.0 Å². The number of benzene rings is 2. The Morgan fingerprint density at radius 2 is 1.93 bits per heavy atom. The molecule has 14 heteroatoms. The van der Waals surface area contributed by atoms with E-state index < -0.39 is 16.1 Å². The first-order valence-electron chi connectivity index (χ1n) is 13.0. The highest BCUT2D eigenvalue weighted by Gasteiger charge is 2.23. The van der Waals surface area contributed by atoms with Crippen molar-refractivity contribution in [1.29, 1.82) is 0 Å². The predicted octanol–water partition coefficient (Wildman–Crippen LogP) is 1.90. The molecule has 0 aliphatic carbocycles. The zero-order chi connectivity index (χ0) is 29.7. The van der Waals surface area contributed by atoms with E-state index >= 15 is 0 Å². The van der Waals surface area contributed by atoms with Crippen molar-refractivity contribution < 1.29 is 23.4 Å². The number of nitrogens with zero attached hydrogens (tertiary/aromatic N) is 4. The molecule has 2 aliphatic heterocycles. The van der Waals surface area contributed by atoms with E-state index in [9.17, 15) is 23.4 Å². The smallest absolute Gasteiger partial charge is 0.286 e. The fraction of sp³-hybridized carbons (Fsp3) is 0.370. The number of phenolic OH excluding ortho intramolecular Hbond substituents is 1. The van der Waals surface area contributed by atoms with Gasteiger partial charge in [-0.1, -0.05) is 18.2 Å². The fourth-order valence-corrected chi connectivity index (χ4v) is 5.71. The van der Waals surface area contributed by atoms with Crippen LogP contribution in [0.4, 0.5) is 11.4 Å². The van der Waals surface area contributed by atoms with Gasteiger partial charge in [-0.05, 0) is 66.1 Å². The molecule has 0 spiro atoms. The number of nitrogens with one attached hydrogen (secondary N) is 2. The number of nitrogens with two attached hydrogens (primary N) is 1. The van der Waals surface area contributed by atoms with Crippen LogP contribution >= 0.6 is 11.8 Å².